The van der Waals surface area contributed by atoms with Crippen LogP contribution in [0.15, 0.2) is 18.2 Å². The van der Waals surface area contributed by atoms with E-state index in [-0.39, 0.29) is 11.8 Å². The normalized spacial score (nSPS) is 17.2. The minimum Gasteiger partial charge on any atom is -0.479 e. The maximum atomic E-state index is 12.3. The van der Waals surface area contributed by atoms with Crippen LogP contribution in [0.3, 0.4) is 0 Å². The summed E-state index contributed by atoms with van der Waals surface area (Å²) in [4.78, 5) is 23.9. The van der Waals surface area contributed by atoms with E-state index >= 15 is 0 Å². The fraction of sp³-hybridized carbons (Fsp3) is 0.529. The van der Waals surface area contributed by atoms with Crippen molar-refractivity contribution in [1.29, 1.82) is 0 Å². The van der Waals surface area contributed by atoms with Crippen LogP contribution in [0.4, 0.5) is 0 Å². The summed E-state index contributed by atoms with van der Waals surface area (Å²) in [7, 11) is 0. The van der Waals surface area contributed by atoms with Gasteiger partial charge in [-0.1, -0.05) is 37.5 Å². The first-order valence-corrected chi connectivity index (χ1v) is 7.60. The quantitative estimate of drug-likeness (QED) is 0.895. The first-order valence-electron chi connectivity index (χ1n) is 7.60. The number of aliphatic carboxylic acids is 1. The number of amides is 1. The summed E-state index contributed by atoms with van der Waals surface area (Å²) in [6, 6.07) is 4.60. The number of hydrogen-bond acceptors (Lipinski definition) is 2. The number of aryl methyl sites for hydroxylation is 1. The van der Waals surface area contributed by atoms with Crippen molar-refractivity contribution in [2.45, 2.75) is 52.0 Å². The van der Waals surface area contributed by atoms with E-state index in [4.69, 9.17) is 0 Å². The summed E-state index contributed by atoms with van der Waals surface area (Å²) in [6.07, 6.45) is 5.01. The van der Waals surface area contributed by atoms with Gasteiger partial charge in [0.15, 0.2) is 6.04 Å². The molecule has 1 aliphatic carbocycles. The Labute approximate surface area is 125 Å². The van der Waals surface area contributed by atoms with Crippen molar-refractivity contribution >= 4 is 11.9 Å². The van der Waals surface area contributed by atoms with Crippen molar-refractivity contribution in [2.75, 3.05) is 0 Å². The molecule has 4 heteroatoms. The smallest absolute Gasteiger partial charge is 0.330 e. The minimum absolute atomic E-state index is 0.0364. The fourth-order valence-electron chi connectivity index (χ4n) is 2.98. The van der Waals surface area contributed by atoms with Crippen LogP contribution in [0.25, 0.3) is 0 Å². The Morgan fingerprint density at radius 1 is 1.19 bits per heavy atom. The van der Waals surface area contributed by atoms with E-state index in [0.717, 1.165) is 36.8 Å². The maximum Gasteiger partial charge on any atom is 0.330 e. The Balaban J connectivity index is 2.17. The van der Waals surface area contributed by atoms with Gasteiger partial charge >= 0.3 is 5.97 Å². The second-order valence-corrected chi connectivity index (χ2v) is 5.90. The van der Waals surface area contributed by atoms with Crippen LogP contribution >= 0.6 is 0 Å². The van der Waals surface area contributed by atoms with Crippen molar-refractivity contribution in [1.82, 2.24) is 5.32 Å². The lowest BCUT2D eigenvalue weighted by atomic mass is 9.88. The lowest BCUT2D eigenvalue weighted by Gasteiger charge is -2.24. The number of carbonyl (C=O) groups is 2. The zero-order chi connectivity index (χ0) is 15.4. The molecular formula is C17H23NO3. The number of nitrogens with one attached hydrogen (secondary N) is 1. The van der Waals surface area contributed by atoms with Gasteiger partial charge in [0.25, 0.3) is 0 Å². The molecule has 1 aromatic rings. The Morgan fingerprint density at radius 2 is 1.86 bits per heavy atom. The van der Waals surface area contributed by atoms with Gasteiger partial charge in [0.1, 0.15) is 0 Å². The van der Waals surface area contributed by atoms with Gasteiger partial charge in [-0.2, -0.15) is 0 Å². The number of carboxylic acids is 1. The average molecular weight is 289 g/mol. The van der Waals surface area contributed by atoms with Crippen LogP contribution < -0.4 is 5.32 Å². The van der Waals surface area contributed by atoms with Crippen molar-refractivity contribution in [3.63, 3.8) is 0 Å². The van der Waals surface area contributed by atoms with Crippen molar-refractivity contribution < 1.29 is 14.7 Å². The molecule has 21 heavy (non-hydrogen) atoms. The second kappa shape index (κ2) is 6.74. The standard InChI is InChI=1S/C17H23NO3/c1-11-7-6-10-14(12(11)2)15(17(20)21)18-16(19)13-8-4-3-5-9-13/h6-7,10,13,15H,3-5,8-9H2,1-2H3,(H,18,19)(H,20,21). The van der Waals surface area contributed by atoms with Crippen molar-refractivity contribution in [3.05, 3.63) is 34.9 Å². The summed E-state index contributed by atoms with van der Waals surface area (Å²) in [5.41, 5.74) is 2.63. The molecule has 1 unspecified atom stereocenters. The molecular weight excluding hydrogens is 266 g/mol. The monoisotopic (exact) mass is 289 g/mol. The summed E-state index contributed by atoms with van der Waals surface area (Å²) in [5.74, 6) is -1.17. The molecule has 2 rings (SSSR count). The van der Waals surface area contributed by atoms with Gasteiger partial charge in [0.2, 0.25) is 5.91 Å². The predicted octanol–water partition coefficient (Wildman–Crippen LogP) is 3.13. The molecule has 0 aliphatic heterocycles. The van der Waals surface area contributed by atoms with Gasteiger partial charge in [0, 0.05) is 5.92 Å². The molecule has 1 saturated carbocycles. The average Bonchev–Trinajstić information content (AvgIpc) is 2.48. The Morgan fingerprint density at radius 3 is 2.48 bits per heavy atom. The van der Waals surface area contributed by atoms with Crippen LogP contribution in [0.2, 0.25) is 0 Å². The third-order valence-electron chi connectivity index (χ3n) is 4.47. The van der Waals surface area contributed by atoms with E-state index in [1.165, 1.54) is 6.42 Å². The molecule has 0 spiro atoms. The molecule has 1 amide bonds. The third-order valence-corrected chi connectivity index (χ3v) is 4.47. The molecule has 4 nitrogen and oxygen atoms in total. The highest BCUT2D eigenvalue weighted by atomic mass is 16.4. The molecule has 1 aromatic carbocycles. The number of rotatable bonds is 4. The number of carbonyl (C=O) groups excluding carboxylic acids is 1. The van der Waals surface area contributed by atoms with Gasteiger partial charge in [-0.3, -0.25) is 4.79 Å². The highest BCUT2D eigenvalue weighted by Crippen LogP contribution is 2.26. The molecule has 1 atom stereocenters. The second-order valence-electron chi connectivity index (χ2n) is 5.90. The number of carboxylic acid groups (broad SMARTS) is 1. The van der Waals surface area contributed by atoms with Crippen LogP contribution in [-0.2, 0) is 9.59 Å². The van der Waals surface area contributed by atoms with Crippen LogP contribution in [0, 0.1) is 19.8 Å². The van der Waals surface area contributed by atoms with Crippen LogP contribution in [0.1, 0.15) is 54.8 Å². The molecule has 0 saturated heterocycles. The van der Waals surface area contributed by atoms with Gasteiger partial charge < -0.3 is 10.4 Å². The molecule has 1 fully saturated rings. The molecule has 114 valence electrons. The summed E-state index contributed by atoms with van der Waals surface area (Å²) < 4.78 is 0. The first kappa shape index (κ1) is 15.5. The Bertz CT molecular complexity index is 533. The molecule has 1 aliphatic rings. The number of benzene rings is 1. The van der Waals surface area contributed by atoms with Gasteiger partial charge in [-0.15, -0.1) is 0 Å². The van der Waals surface area contributed by atoms with E-state index in [1.807, 2.05) is 26.0 Å². The van der Waals surface area contributed by atoms with Gasteiger partial charge in [-0.25, -0.2) is 4.79 Å². The Hall–Kier alpha value is -1.84. The number of hydrogen-bond donors (Lipinski definition) is 2. The summed E-state index contributed by atoms with van der Waals surface area (Å²) >= 11 is 0. The minimum atomic E-state index is -1.01. The first-order chi connectivity index (χ1) is 10.0. The largest absolute Gasteiger partial charge is 0.479 e. The maximum absolute atomic E-state index is 12.3. The van der Waals surface area contributed by atoms with E-state index in [2.05, 4.69) is 5.32 Å². The van der Waals surface area contributed by atoms with Crippen LogP contribution in [-0.4, -0.2) is 17.0 Å². The lowest BCUT2D eigenvalue weighted by molar-refractivity contribution is -0.142. The molecule has 0 bridgehead atoms. The topological polar surface area (TPSA) is 66.4 Å². The molecule has 0 radical (unpaired) electrons. The zero-order valence-electron chi connectivity index (χ0n) is 12.7. The molecule has 2 N–H and O–H groups in total. The van der Waals surface area contributed by atoms with Gasteiger partial charge in [0.05, 0.1) is 0 Å². The zero-order valence-corrected chi connectivity index (χ0v) is 12.7. The fourth-order valence-corrected chi connectivity index (χ4v) is 2.98. The highest BCUT2D eigenvalue weighted by molar-refractivity contribution is 5.86. The van der Waals surface area contributed by atoms with E-state index < -0.39 is 12.0 Å². The Kier molecular flexibility index (Phi) is 4.99. The third kappa shape index (κ3) is 3.63. The van der Waals surface area contributed by atoms with E-state index in [1.54, 1.807) is 6.07 Å². The SMILES string of the molecule is Cc1cccc(C(NC(=O)C2CCCCC2)C(=O)O)c1C. The molecule has 0 heterocycles. The lowest BCUT2D eigenvalue weighted by Crippen LogP contribution is -2.38. The van der Waals surface area contributed by atoms with E-state index in [9.17, 15) is 14.7 Å². The van der Waals surface area contributed by atoms with E-state index in [0.29, 0.717) is 5.56 Å². The summed E-state index contributed by atoms with van der Waals surface area (Å²) in [5, 5.41) is 12.2. The predicted molar refractivity (Wildman–Crippen MR) is 81.0 cm³/mol. The van der Waals surface area contributed by atoms with Crippen molar-refractivity contribution in [2.24, 2.45) is 5.92 Å². The molecule has 0 aromatic heterocycles. The van der Waals surface area contributed by atoms with Crippen LogP contribution in [0.5, 0.6) is 0 Å². The van der Waals surface area contributed by atoms with Crippen molar-refractivity contribution in [3.8, 4) is 0 Å². The van der Waals surface area contributed by atoms with Gasteiger partial charge in [-0.05, 0) is 43.4 Å². The summed E-state index contributed by atoms with van der Waals surface area (Å²) in [6.45, 7) is 3.84. The highest BCUT2D eigenvalue weighted by Gasteiger charge is 2.28.